The zero-order valence-electron chi connectivity index (χ0n) is 19.7. The molecule has 184 valence electrons. The number of likely N-dealkylation sites (N-methyl/N-ethyl adjacent to an activating group) is 1. The van der Waals surface area contributed by atoms with E-state index in [2.05, 4.69) is 36.7 Å². The van der Waals surface area contributed by atoms with Crippen LogP contribution in [0.3, 0.4) is 0 Å². The summed E-state index contributed by atoms with van der Waals surface area (Å²) in [6.07, 6.45) is 1.75. The van der Waals surface area contributed by atoms with Crippen LogP contribution in [0.1, 0.15) is 0 Å². The average Bonchev–Trinajstić information content (AvgIpc) is 3.35. The molecule has 6 rings (SSSR count). The number of benzene rings is 2. The summed E-state index contributed by atoms with van der Waals surface area (Å²) in [4.78, 5) is 18.0. The summed E-state index contributed by atoms with van der Waals surface area (Å²) < 4.78 is 17.0. The van der Waals surface area contributed by atoms with E-state index in [9.17, 15) is 4.39 Å². The van der Waals surface area contributed by atoms with Gasteiger partial charge in [-0.3, -0.25) is 0 Å². The Morgan fingerprint density at radius 3 is 2.58 bits per heavy atom. The molecule has 0 unspecified atom stereocenters. The molecule has 36 heavy (non-hydrogen) atoms. The standard InChI is InChI=1S/C26H24Cl2FN7/c1-34-8-10-35(11-9-34)23-5-3-18(14-22(23)29)32-26-31-15-16-12-20(19-4-2-17(27)13-21(19)28)25-30-6-7-36(25)24(16)33-26/h2-5,12-15,30H,6-11H2,1H3. The van der Waals surface area contributed by atoms with Crippen molar-refractivity contribution in [3.63, 3.8) is 0 Å². The van der Waals surface area contributed by atoms with Gasteiger partial charge in [0.05, 0.1) is 16.4 Å². The smallest absolute Gasteiger partial charge is 0.251 e. The van der Waals surface area contributed by atoms with E-state index in [1.165, 1.54) is 6.07 Å². The molecule has 10 heteroatoms. The maximum atomic E-state index is 14.9. The van der Waals surface area contributed by atoms with Crippen LogP contribution in [0.25, 0.3) is 22.5 Å². The highest BCUT2D eigenvalue weighted by Crippen LogP contribution is 2.40. The normalized spacial score (nSPS) is 16.4. The van der Waals surface area contributed by atoms with E-state index >= 15 is 0 Å². The number of piperazine rings is 1. The van der Waals surface area contributed by atoms with Crippen LogP contribution in [0.15, 0.2) is 53.7 Å². The first-order valence-corrected chi connectivity index (χ1v) is 12.6. The topological polar surface area (TPSA) is 61.6 Å². The number of hydrogen-bond donors (Lipinski definition) is 1. The quantitative estimate of drug-likeness (QED) is 0.413. The van der Waals surface area contributed by atoms with Gasteiger partial charge in [0.15, 0.2) is 0 Å². The Balaban J connectivity index is 1.38. The number of fused-ring (bicyclic) bond motifs is 3. The predicted octanol–water partition coefficient (Wildman–Crippen LogP) is 4.91. The molecule has 2 aromatic rings. The van der Waals surface area contributed by atoms with Gasteiger partial charge in [-0.05, 0) is 37.4 Å². The highest BCUT2D eigenvalue weighted by atomic mass is 35.5. The van der Waals surface area contributed by atoms with Crippen LogP contribution in [-0.4, -0.2) is 59.2 Å². The molecule has 0 aromatic heterocycles. The first-order valence-electron chi connectivity index (χ1n) is 11.8. The lowest BCUT2D eigenvalue weighted by atomic mass is 10.0. The van der Waals surface area contributed by atoms with E-state index in [1.807, 2.05) is 24.3 Å². The van der Waals surface area contributed by atoms with Gasteiger partial charge < -0.3 is 19.7 Å². The summed E-state index contributed by atoms with van der Waals surface area (Å²) in [6, 6.07) is 12.5. The molecular weight excluding hydrogens is 500 g/mol. The van der Waals surface area contributed by atoms with Gasteiger partial charge >= 0.3 is 0 Å². The van der Waals surface area contributed by atoms with Crippen molar-refractivity contribution in [1.82, 2.24) is 19.4 Å². The van der Waals surface area contributed by atoms with Crippen molar-refractivity contribution in [3.8, 4) is 22.5 Å². The summed E-state index contributed by atoms with van der Waals surface area (Å²) in [5, 5.41) is 4.61. The molecule has 0 aliphatic carbocycles. The van der Waals surface area contributed by atoms with Crippen molar-refractivity contribution in [3.05, 3.63) is 70.1 Å². The molecule has 0 saturated carbocycles. The van der Waals surface area contributed by atoms with Gasteiger partial charge in [0.2, 0.25) is 0 Å². The summed E-state index contributed by atoms with van der Waals surface area (Å²) in [7, 11) is 2.08. The SMILES string of the molecule is CN1CCN(c2ccc(N=c3ncc4cc(-c5ccc(Cl)cc5Cl)c5n(c-4n3)CCN5)cc2F)CC1. The number of pyridine rings is 1. The minimum absolute atomic E-state index is 0.285. The Morgan fingerprint density at radius 2 is 1.81 bits per heavy atom. The second-order valence-corrected chi connectivity index (χ2v) is 9.94. The molecular formula is C26H24Cl2FN7. The molecule has 4 heterocycles. The maximum absolute atomic E-state index is 14.9. The fraction of sp³-hybridized carbons (Fsp3) is 0.269. The molecule has 0 amide bonds. The van der Waals surface area contributed by atoms with Crippen LogP contribution < -0.4 is 15.8 Å². The third kappa shape index (κ3) is 4.30. The van der Waals surface area contributed by atoms with Crippen LogP contribution in [0.2, 0.25) is 10.0 Å². The Kier molecular flexibility index (Phi) is 6.03. The molecule has 0 atom stereocenters. The van der Waals surface area contributed by atoms with E-state index in [0.29, 0.717) is 21.4 Å². The molecule has 1 fully saturated rings. The summed E-state index contributed by atoms with van der Waals surface area (Å²) >= 11 is 12.6. The van der Waals surface area contributed by atoms with Gasteiger partial charge in [-0.15, -0.1) is 0 Å². The van der Waals surface area contributed by atoms with E-state index in [4.69, 9.17) is 28.2 Å². The molecule has 1 saturated heterocycles. The van der Waals surface area contributed by atoms with Crippen molar-refractivity contribution < 1.29 is 4.39 Å². The number of aromatic nitrogens is 3. The molecule has 0 radical (unpaired) electrons. The number of anilines is 2. The predicted molar refractivity (Wildman–Crippen MR) is 142 cm³/mol. The van der Waals surface area contributed by atoms with Crippen molar-refractivity contribution >= 4 is 40.4 Å². The number of hydrogen-bond acceptors (Lipinski definition) is 6. The van der Waals surface area contributed by atoms with E-state index < -0.39 is 0 Å². The second kappa shape index (κ2) is 9.35. The van der Waals surface area contributed by atoms with Crippen LogP contribution in [0, 0.1) is 5.82 Å². The molecule has 7 nitrogen and oxygen atoms in total. The van der Waals surface area contributed by atoms with Gasteiger partial charge in [-0.25, -0.2) is 14.4 Å². The lowest BCUT2D eigenvalue weighted by Crippen LogP contribution is -2.44. The molecule has 0 bridgehead atoms. The average molecular weight is 524 g/mol. The highest BCUT2D eigenvalue weighted by molar-refractivity contribution is 6.36. The van der Waals surface area contributed by atoms with E-state index in [-0.39, 0.29) is 11.4 Å². The highest BCUT2D eigenvalue weighted by Gasteiger charge is 2.23. The largest absolute Gasteiger partial charge is 0.369 e. The van der Waals surface area contributed by atoms with Crippen LogP contribution in [0.5, 0.6) is 0 Å². The number of nitrogens with one attached hydrogen (secondary N) is 1. The summed E-state index contributed by atoms with van der Waals surface area (Å²) in [5.41, 5.74) is 4.07. The minimum atomic E-state index is -0.287. The Bertz CT molecular complexity index is 1490. The zero-order chi connectivity index (χ0) is 24.8. The fourth-order valence-electron chi connectivity index (χ4n) is 4.81. The molecule has 4 aliphatic heterocycles. The van der Waals surface area contributed by atoms with Crippen LogP contribution in [0.4, 0.5) is 21.6 Å². The summed E-state index contributed by atoms with van der Waals surface area (Å²) in [6.45, 7) is 4.95. The molecule has 1 N–H and O–H groups in total. The van der Waals surface area contributed by atoms with Crippen molar-refractivity contribution in [2.45, 2.75) is 6.54 Å². The lowest BCUT2D eigenvalue weighted by molar-refractivity contribution is 0.311. The van der Waals surface area contributed by atoms with Gasteiger partial charge in [-0.1, -0.05) is 29.3 Å². The Labute approximate surface area is 218 Å². The number of halogens is 3. The van der Waals surface area contributed by atoms with Crippen molar-refractivity contribution in [1.29, 1.82) is 0 Å². The lowest BCUT2D eigenvalue weighted by Gasteiger charge is -2.34. The third-order valence-corrected chi connectivity index (χ3v) is 7.27. The maximum Gasteiger partial charge on any atom is 0.251 e. The fourth-order valence-corrected chi connectivity index (χ4v) is 5.32. The monoisotopic (exact) mass is 523 g/mol. The van der Waals surface area contributed by atoms with Gasteiger partial charge in [-0.2, -0.15) is 4.98 Å². The Hall–Kier alpha value is -3.20. The van der Waals surface area contributed by atoms with Gasteiger partial charge in [0, 0.05) is 73.2 Å². The van der Waals surface area contributed by atoms with Crippen LogP contribution >= 0.6 is 23.2 Å². The molecule has 2 aromatic carbocycles. The Morgan fingerprint density at radius 1 is 0.972 bits per heavy atom. The van der Waals surface area contributed by atoms with Crippen molar-refractivity contribution in [2.24, 2.45) is 4.99 Å². The van der Waals surface area contributed by atoms with E-state index in [0.717, 1.165) is 67.6 Å². The number of rotatable bonds is 3. The first-order chi connectivity index (χ1) is 17.5. The minimum Gasteiger partial charge on any atom is -0.369 e. The number of nitrogens with zero attached hydrogens (tertiary/aromatic N) is 6. The van der Waals surface area contributed by atoms with Crippen molar-refractivity contribution in [2.75, 3.05) is 50.0 Å². The molecule has 0 spiro atoms. The van der Waals surface area contributed by atoms with Crippen LogP contribution in [-0.2, 0) is 6.54 Å². The van der Waals surface area contributed by atoms with Gasteiger partial charge in [0.1, 0.15) is 17.5 Å². The third-order valence-electron chi connectivity index (χ3n) is 6.72. The van der Waals surface area contributed by atoms with E-state index in [1.54, 1.807) is 18.3 Å². The summed E-state index contributed by atoms with van der Waals surface area (Å²) in [5.74, 6) is 1.40. The zero-order valence-corrected chi connectivity index (χ0v) is 21.2. The first kappa shape index (κ1) is 23.2. The molecule has 4 aliphatic rings. The van der Waals surface area contributed by atoms with Gasteiger partial charge in [0.25, 0.3) is 5.62 Å². The second-order valence-electron chi connectivity index (χ2n) is 9.10.